The Bertz CT molecular complexity index is 1000. The van der Waals surface area contributed by atoms with Crippen LogP contribution < -0.4 is 10.9 Å². The van der Waals surface area contributed by atoms with Gasteiger partial charge in [-0.2, -0.15) is 0 Å². The Kier molecular flexibility index (Phi) is 4.25. The van der Waals surface area contributed by atoms with Gasteiger partial charge in [-0.25, -0.2) is 4.98 Å². The second kappa shape index (κ2) is 6.77. The van der Waals surface area contributed by atoms with E-state index >= 15 is 0 Å². The molecule has 140 valence electrons. The number of pyridine rings is 1. The molecule has 0 aliphatic carbocycles. The number of hydrogen-bond acceptors (Lipinski definition) is 4. The van der Waals surface area contributed by atoms with Crippen LogP contribution in [0.1, 0.15) is 35.9 Å². The molecule has 3 atom stereocenters. The number of hydrogen-bond donors (Lipinski definition) is 1. The Hall–Kier alpha value is -2.18. The topological polar surface area (TPSA) is 51.9 Å². The fourth-order valence-electron chi connectivity index (χ4n) is 4.66. The number of aromatic nitrogens is 3. The minimum Gasteiger partial charge on any atom is -0.328 e. The van der Waals surface area contributed by atoms with Crippen LogP contribution in [-0.4, -0.2) is 27.2 Å². The number of thiophene rings is 1. The average molecular weight is 381 g/mol. The molecule has 2 aliphatic heterocycles. The molecular weight excluding hydrogens is 356 g/mol. The number of nitrogens with zero attached hydrogens (tertiary/aromatic N) is 3. The van der Waals surface area contributed by atoms with Crippen LogP contribution in [0.25, 0.3) is 11.4 Å². The Morgan fingerprint density at radius 1 is 1.33 bits per heavy atom. The largest absolute Gasteiger partial charge is 0.328 e. The normalized spacial score (nSPS) is 22.4. The van der Waals surface area contributed by atoms with Gasteiger partial charge in [0.1, 0.15) is 5.82 Å². The Labute approximate surface area is 162 Å². The van der Waals surface area contributed by atoms with Crippen molar-refractivity contribution in [3.8, 4) is 11.4 Å². The number of piperidine rings is 1. The average Bonchev–Trinajstić information content (AvgIpc) is 3.35. The van der Waals surface area contributed by atoms with Gasteiger partial charge in [0.05, 0.1) is 5.56 Å². The molecule has 5 heterocycles. The molecular formula is C21H24N4OS. The van der Waals surface area contributed by atoms with E-state index in [1.54, 1.807) is 11.3 Å². The van der Waals surface area contributed by atoms with Crippen LogP contribution in [0.3, 0.4) is 0 Å². The van der Waals surface area contributed by atoms with Crippen molar-refractivity contribution >= 4 is 11.3 Å². The van der Waals surface area contributed by atoms with Gasteiger partial charge in [-0.05, 0) is 49.4 Å². The van der Waals surface area contributed by atoms with Crippen LogP contribution in [0, 0.1) is 5.92 Å². The molecule has 5 nitrogen and oxygen atoms in total. The van der Waals surface area contributed by atoms with E-state index in [1.807, 2.05) is 23.0 Å². The highest BCUT2D eigenvalue weighted by atomic mass is 32.1. The van der Waals surface area contributed by atoms with E-state index in [0.717, 1.165) is 37.4 Å². The van der Waals surface area contributed by atoms with Crippen molar-refractivity contribution in [1.82, 2.24) is 19.4 Å². The summed E-state index contributed by atoms with van der Waals surface area (Å²) in [6.07, 6.45) is 5.94. The van der Waals surface area contributed by atoms with Gasteiger partial charge in [0.25, 0.3) is 5.56 Å². The molecule has 6 heteroatoms. The first-order valence-corrected chi connectivity index (χ1v) is 10.6. The molecule has 0 spiro atoms. The predicted molar refractivity (Wildman–Crippen MR) is 108 cm³/mol. The molecule has 1 saturated heterocycles. The second-order valence-electron chi connectivity index (χ2n) is 7.84. The standard InChI is InChI=1S/C21H24N4OS/c1-14(9-17-3-2-8-27-17)24-7-6-23-20(24)18-4-5-19-16-10-15(11-22-12-16)13-25(19)21(18)26/h2-8,14-16,22H,9-13H2,1H3/t14-,15+,16-/m1/s1. The van der Waals surface area contributed by atoms with Crippen molar-refractivity contribution in [3.05, 3.63) is 63.0 Å². The first-order chi connectivity index (χ1) is 13.2. The maximum Gasteiger partial charge on any atom is 0.261 e. The summed E-state index contributed by atoms with van der Waals surface area (Å²) < 4.78 is 4.16. The van der Waals surface area contributed by atoms with Gasteiger partial charge in [0.15, 0.2) is 0 Å². The lowest BCUT2D eigenvalue weighted by molar-refractivity contribution is 0.257. The van der Waals surface area contributed by atoms with Crippen molar-refractivity contribution in [2.75, 3.05) is 13.1 Å². The van der Waals surface area contributed by atoms with Gasteiger partial charge < -0.3 is 14.5 Å². The van der Waals surface area contributed by atoms with Crippen LogP contribution in [0.15, 0.2) is 46.8 Å². The summed E-state index contributed by atoms with van der Waals surface area (Å²) >= 11 is 1.78. The van der Waals surface area contributed by atoms with Gasteiger partial charge in [-0.3, -0.25) is 4.79 Å². The maximum absolute atomic E-state index is 13.3. The summed E-state index contributed by atoms with van der Waals surface area (Å²) in [4.78, 5) is 19.2. The molecule has 0 amide bonds. The van der Waals surface area contributed by atoms with Gasteiger partial charge in [-0.15, -0.1) is 11.3 Å². The summed E-state index contributed by atoms with van der Waals surface area (Å²) in [5, 5.41) is 5.61. The zero-order chi connectivity index (χ0) is 18.4. The molecule has 0 unspecified atom stereocenters. The quantitative estimate of drug-likeness (QED) is 0.756. The second-order valence-corrected chi connectivity index (χ2v) is 8.87. The van der Waals surface area contributed by atoms with Gasteiger partial charge in [0.2, 0.25) is 0 Å². The molecule has 1 N–H and O–H groups in total. The molecule has 0 aromatic carbocycles. The summed E-state index contributed by atoms with van der Waals surface area (Å²) in [6.45, 7) is 4.99. The third-order valence-electron chi connectivity index (χ3n) is 5.97. The molecule has 0 radical (unpaired) electrons. The lowest BCUT2D eigenvalue weighted by atomic mass is 9.84. The van der Waals surface area contributed by atoms with Gasteiger partial charge >= 0.3 is 0 Å². The van der Waals surface area contributed by atoms with E-state index in [0.29, 0.717) is 11.8 Å². The summed E-state index contributed by atoms with van der Waals surface area (Å²) in [7, 11) is 0. The highest BCUT2D eigenvalue weighted by molar-refractivity contribution is 7.09. The number of nitrogens with one attached hydrogen (secondary N) is 1. The summed E-state index contributed by atoms with van der Waals surface area (Å²) in [6, 6.07) is 8.64. The zero-order valence-electron chi connectivity index (χ0n) is 15.5. The van der Waals surface area contributed by atoms with Gasteiger partial charge in [0, 0.05) is 54.4 Å². The Morgan fingerprint density at radius 3 is 3.11 bits per heavy atom. The zero-order valence-corrected chi connectivity index (χ0v) is 16.3. The lowest BCUT2D eigenvalue weighted by Crippen LogP contribution is -2.45. The van der Waals surface area contributed by atoms with Crippen LogP contribution in [0.2, 0.25) is 0 Å². The lowest BCUT2D eigenvalue weighted by Gasteiger charge is -2.37. The van der Waals surface area contributed by atoms with Crippen molar-refractivity contribution in [3.63, 3.8) is 0 Å². The van der Waals surface area contributed by atoms with E-state index < -0.39 is 0 Å². The molecule has 27 heavy (non-hydrogen) atoms. The van der Waals surface area contributed by atoms with Crippen molar-refractivity contribution in [2.24, 2.45) is 5.92 Å². The van der Waals surface area contributed by atoms with Crippen molar-refractivity contribution < 1.29 is 0 Å². The maximum atomic E-state index is 13.3. The Morgan fingerprint density at radius 2 is 2.26 bits per heavy atom. The third-order valence-corrected chi connectivity index (χ3v) is 6.87. The van der Waals surface area contributed by atoms with Crippen molar-refractivity contribution in [1.29, 1.82) is 0 Å². The summed E-state index contributed by atoms with van der Waals surface area (Å²) in [5.74, 6) is 1.80. The number of imidazole rings is 1. The van der Waals surface area contributed by atoms with E-state index in [4.69, 9.17) is 0 Å². The monoisotopic (exact) mass is 380 g/mol. The molecule has 5 rings (SSSR count). The first-order valence-electron chi connectivity index (χ1n) is 9.70. The molecule has 3 aromatic heterocycles. The van der Waals surface area contributed by atoms with E-state index in [2.05, 4.69) is 45.4 Å². The van der Waals surface area contributed by atoms with Crippen LogP contribution in [0.5, 0.6) is 0 Å². The smallest absolute Gasteiger partial charge is 0.261 e. The number of rotatable bonds is 4. The number of fused-ring (bicyclic) bond motifs is 4. The van der Waals surface area contributed by atoms with Crippen LogP contribution >= 0.6 is 11.3 Å². The van der Waals surface area contributed by atoms with Crippen LogP contribution in [0.4, 0.5) is 0 Å². The van der Waals surface area contributed by atoms with E-state index in [9.17, 15) is 4.79 Å². The molecule has 2 bridgehead atoms. The first kappa shape index (κ1) is 17.0. The minimum atomic E-state index is 0.111. The molecule has 0 saturated carbocycles. The van der Waals surface area contributed by atoms with Crippen molar-refractivity contribution in [2.45, 2.75) is 38.3 Å². The SMILES string of the molecule is C[C@H](Cc1cccs1)n1ccnc1-c1ccc2n(c1=O)C[C@@H]1CNC[C@H]2C1. The molecule has 3 aromatic rings. The predicted octanol–water partition coefficient (Wildman–Crippen LogP) is 3.28. The highest BCUT2D eigenvalue weighted by Crippen LogP contribution is 2.33. The van der Waals surface area contributed by atoms with Gasteiger partial charge in [-0.1, -0.05) is 6.07 Å². The fourth-order valence-corrected chi connectivity index (χ4v) is 5.48. The Balaban J connectivity index is 1.52. The summed E-state index contributed by atoms with van der Waals surface area (Å²) in [5.41, 5.74) is 2.01. The highest BCUT2D eigenvalue weighted by Gasteiger charge is 2.31. The van der Waals surface area contributed by atoms with Crippen LogP contribution in [-0.2, 0) is 13.0 Å². The fraction of sp³-hybridized carbons (Fsp3) is 0.429. The third kappa shape index (κ3) is 2.97. The molecule has 2 aliphatic rings. The van der Waals surface area contributed by atoms with E-state index in [1.165, 1.54) is 17.0 Å². The molecule has 1 fully saturated rings. The van der Waals surface area contributed by atoms with E-state index in [-0.39, 0.29) is 11.6 Å². The minimum absolute atomic E-state index is 0.111.